The predicted molar refractivity (Wildman–Crippen MR) is 105 cm³/mol. The van der Waals surface area contributed by atoms with Crippen LogP contribution in [-0.2, 0) is 6.54 Å². The monoisotopic (exact) mass is 352 g/mol. The average Bonchev–Trinajstić information content (AvgIpc) is 2.63. The maximum absolute atomic E-state index is 12.3. The van der Waals surface area contributed by atoms with E-state index in [4.69, 9.17) is 0 Å². The number of hydrogen-bond acceptors (Lipinski definition) is 3. The molecule has 138 valence electrons. The Morgan fingerprint density at radius 2 is 2.00 bits per heavy atom. The van der Waals surface area contributed by atoms with E-state index in [2.05, 4.69) is 32.7 Å². The summed E-state index contributed by atoms with van der Waals surface area (Å²) < 4.78 is 0. The quantitative estimate of drug-likeness (QED) is 0.845. The molecule has 1 aromatic heterocycles. The van der Waals surface area contributed by atoms with Crippen molar-refractivity contribution in [3.8, 4) is 0 Å². The number of anilines is 1. The van der Waals surface area contributed by atoms with Crippen molar-refractivity contribution in [3.05, 3.63) is 59.4 Å². The van der Waals surface area contributed by atoms with E-state index in [1.807, 2.05) is 38.1 Å². The van der Waals surface area contributed by atoms with Gasteiger partial charge >= 0.3 is 6.03 Å². The lowest BCUT2D eigenvalue weighted by molar-refractivity contribution is 0.221. The van der Waals surface area contributed by atoms with Gasteiger partial charge in [-0.1, -0.05) is 24.6 Å². The number of nitrogens with zero attached hydrogens (tertiary/aromatic N) is 2. The molecule has 0 aliphatic carbocycles. The fourth-order valence-corrected chi connectivity index (χ4v) is 3.31. The molecule has 2 N–H and O–H groups in total. The third-order valence-corrected chi connectivity index (χ3v) is 4.82. The summed E-state index contributed by atoms with van der Waals surface area (Å²) in [5.41, 5.74) is 4.02. The Kier molecular flexibility index (Phi) is 6.23. The molecule has 26 heavy (non-hydrogen) atoms. The summed E-state index contributed by atoms with van der Waals surface area (Å²) in [6.07, 6.45) is 5.71. The van der Waals surface area contributed by atoms with Gasteiger partial charge in [-0.25, -0.2) is 4.79 Å². The van der Waals surface area contributed by atoms with Gasteiger partial charge in [0.2, 0.25) is 0 Å². The van der Waals surface area contributed by atoms with Crippen LogP contribution in [0.25, 0.3) is 0 Å². The van der Waals surface area contributed by atoms with Gasteiger partial charge in [0.15, 0.2) is 0 Å². The van der Waals surface area contributed by atoms with Crippen molar-refractivity contribution in [3.63, 3.8) is 0 Å². The number of aromatic nitrogens is 1. The lowest BCUT2D eigenvalue weighted by Gasteiger charge is -2.26. The zero-order valence-corrected chi connectivity index (χ0v) is 15.7. The summed E-state index contributed by atoms with van der Waals surface area (Å²) in [6, 6.07) is 11.8. The third kappa shape index (κ3) is 5.30. The SMILES string of the molecule is Cc1ccc(C(C)NC(=O)Nc2cccc(CN3CCCCC3)c2)cn1. The molecule has 5 heteroatoms. The van der Waals surface area contributed by atoms with E-state index < -0.39 is 0 Å². The fourth-order valence-electron chi connectivity index (χ4n) is 3.31. The van der Waals surface area contributed by atoms with Crippen LogP contribution in [0.15, 0.2) is 42.6 Å². The topological polar surface area (TPSA) is 57.3 Å². The molecular weight excluding hydrogens is 324 g/mol. The minimum absolute atomic E-state index is 0.0976. The van der Waals surface area contributed by atoms with Gasteiger partial charge in [-0.2, -0.15) is 0 Å². The smallest absolute Gasteiger partial charge is 0.319 e. The molecule has 0 radical (unpaired) electrons. The molecule has 1 unspecified atom stereocenters. The molecule has 3 rings (SSSR count). The highest BCUT2D eigenvalue weighted by Crippen LogP contribution is 2.17. The Morgan fingerprint density at radius 1 is 1.19 bits per heavy atom. The summed E-state index contributed by atoms with van der Waals surface area (Å²) in [4.78, 5) is 19.1. The van der Waals surface area contributed by atoms with Crippen molar-refractivity contribution in [1.29, 1.82) is 0 Å². The number of benzene rings is 1. The van der Waals surface area contributed by atoms with E-state index in [-0.39, 0.29) is 12.1 Å². The van der Waals surface area contributed by atoms with Gasteiger partial charge in [-0.05, 0) is 69.1 Å². The zero-order valence-electron chi connectivity index (χ0n) is 15.7. The minimum Gasteiger partial charge on any atom is -0.331 e. The van der Waals surface area contributed by atoms with E-state index in [1.54, 1.807) is 6.20 Å². The Balaban J connectivity index is 1.55. The second-order valence-electron chi connectivity index (χ2n) is 7.09. The standard InChI is InChI=1S/C21H28N4O/c1-16-9-10-19(14-22-16)17(2)23-21(26)24-20-8-6-7-18(13-20)15-25-11-4-3-5-12-25/h6-10,13-14,17H,3-5,11-12,15H2,1-2H3,(H2,23,24,26). The highest BCUT2D eigenvalue weighted by atomic mass is 16.2. The molecule has 1 saturated heterocycles. The molecule has 2 amide bonds. The van der Waals surface area contributed by atoms with E-state index in [9.17, 15) is 4.79 Å². The number of urea groups is 1. The normalized spacial score (nSPS) is 16.1. The van der Waals surface area contributed by atoms with E-state index >= 15 is 0 Å². The van der Waals surface area contributed by atoms with Gasteiger partial charge in [0.1, 0.15) is 0 Å². The predicted octanol–water partition coefficient (Wildman–Crippen LogP) is 4.26. The number of pyridine rings is 1. The van der Waals surface area contributed by atoms with E-state index in [0.717, 1.165) is 23.5 Å². The van der Waals surface area contributed by atoms with Crippen molar-refractivity contribution in [2.24, 2.45) is 0 Å². The first-order chi connectivity index (χ1) is 12.6. The first-order valence-corrected chi connectivity index (χ1v) is 9.41. The molecule has 1 aliphatic rings. The summed E-state index contributed by atoms with van der Waals surface area (Å²) >= 11 is 0. The van der Waals surface area contributed by atoms with Crippen molar-refractivity contribution in [2.75, 3.05) is 18.4 Å². The van der Waals surface area contributed by atoms with Gasteiger partial charge in [0.25, 0.3) is 0 Å². The maximum Gasteiger partial charge on any atom is 0.319 e. The van der Waals surface area contributed by atoms with Crippen LogP contribution in [0.2, 0.25) is 0 Å². The van der Waals surface area contributed by atoms with Gasteiger partial charge in [0, 0.05) is 24.1 Å². The van der Waals surface area contributed by atoms with Crippen LogP contribution in [0.5, 0.6) is 0 Å². The number of likely N-dealkylation sites (tertiary alicyclic amines) is 1. The third-order valence-electron chi connectivity index (χ3n) is 4.82. The average molecular weight is 352 g/mol. The molecular formula is C21H28N4O. The molecule has 2 heterocycles. The molecule has 1 fully saturated rings. The van der Waals surface area contributed by atoms with Gasteiger partial charge < -0.3 is 10.6 Å². The second kappa shape index (κ2) is 8.81. The number of hydrogen-bond donors (Lipinski definition) is 2. The Morgan fingerprint density at radius 3 is 2.73 bits per heavy atom. The first-order valence-electron chi connectivity index (χ1n) is 9.41. The van der Waals surface area contributed by atoms with Crippen LogP contribution >= 0.6 is 0 Å². The number of piperidine rings is 1. The highest BCUT2D eigenvalue weighted by molar-refractivity contribution is 5.89. The van der Waals surface area contributed by atoms with E-state index in [0.29, 0.717) is 0 Å². The van der Waals surface area contributed by atoms with Crippen LogP contribution in [0.3, 0.4) is 0 Å². The number of aryl methyl sites for hydroxylation is 1. The Hall–Kier alpha value is -2.40. The van der Waals surface area contributed by atoms with Crippen molar-refractivity contribution in [1.82, 2.24) is 15.2 Å². The van der Waals surface area contributed by atoms with E-state index in [1.165, 1.54) is 37.9 Å². The molecule has 0 saturated carbocycles. The number of rotatable bonds is 5. The van der Waals surface area contributed by atoms with Crippen LogP contribution in [0.1, 0.15) is 49.0 Å². The molecule has 1 atom stereocenters. The number of nitrogens with one attached hydrogen (secondary N) is 2. The zero-order chi connectivity index (χ0) is 18.4. The molecule has 1 aromatic carbocycles. The molecule has 2 aromatic rings. The van der Waals surface area contributed by atoms with Crippen LogP contribution in [0.4, 0.5) is 10.5 Å². The molecule has 0 bridgehead atoms. The highest BCUT2D eigenvalue weighted by Gasteiger charge is 2.12. The summed E-state index contributed by atoms with van der Waals surface area (Å²) in [5, 5.41) is 5.91. The van der Waals surface area contributed by atoms with Crippen LogP contribution in [-0.4, -0.2) is 29.0 Å². The molecule has 5 nitrogen and oxygen atoms in total. The largest absolute Gasteiger partial charge is 0.331 e. The number of carbonyl (C=O) groups excluding carboxylic acids is 1. The van der Waals surface area contributed by atoms with Crippen molar-refractivity contribution in [2.45, 2.75) is 45.7 Å². The number of carbonyl (C=O) groups is 1. The summed E-state index contributed by atoms with van der Waals surface area (Å²) in [5.74, 6) is 0. The lowest BCUT2D eigenvalue weighted by atomic mass is 10.1. The maximum atomic E-state index is 12.3. The van der Waals surface area contributed by atoms with Gasteiger partial charge in [0.05, 0.1) is 6.04 Å². The lowest BCUT2D eigenvalue weighted by Crippen LogP contribution is -2.31. The Labute approximate surface area is 155 Å². The molecule has 0 spiro atoms. The van der Waals surface area contributed by atoms with Crippen molar-refractivity contribution >= 4 is 11.7 Å². The van der Waals surface area contributed by atoms with Gasteiger partial charge in [-0.15, -0.1) is 0 Å². The molecule has 1 aliphatic heterocycles. The van der Waals surface area contributed by atoms with Crippen LogP contribution < -0.4 is 10.6 Å². The first kappa shape index (κ1) is 18.4. The second-order valence-corrected chi connectivity index (χ2v) is 7.09. The summed E-state index contributed by atoms with van der Waals surface area (Å²) in [7, 11) is 0. The number of amides is 2. The van der Waals surface area contributed by atoms with Gasteiger partial charge in [-0.3, -0.25) is 9.88 Å². The summed E-state index contributed by atoms with van der Waals surface area (Å²) in [6.45, 7) is 7.19. The minimum atomic E-state index is -0.201. The Bertz CT molecular complexity index is 723. The van der Waals surface area contributed by atoms with Crippen LogP contribution in [0, 0.1) is 6.92 Å². The van der Waals surface area contributed by atoms with Crippen molar-refractivity contribution < 1.29 is 4.79 Å². The fraction of sp³-hybridized carbons (Fsp3) is 0.429.